The second-order valence-electron chi connectivity index (χ2n) is 8.81. The number of hydrogen-bond acceptors (Lipinski definition) is 8. The standard InChI is InChI=1S/C25H20BrNO8/c1-34-18-7-10(3-6-16(18)28)19-11-4-5-12-20(24(32)27(23(12)31)25(33)35-2)13(11)8-14-21(19)17(29)9-15(26)22(14)30/h3-4,6-7,9,12-13,19-20,28H,5,8H2,1-2H3/t12-,13+,19-,20-/m0/s1. The van der Waals surface area contributed by atoms with Gasteiger partial charge in [-0.25, -0.2) is 4.79 Å². The predicted octanol–water partition coefficient (Wildman–Crippen LogP) is 2.93. The number of amides is 3. The molecule has 0 spiro atoms. The molecule has 0 radical (unpaired) electrons. The molecule has 1 aliphatic heterocycles. The van der Waals surface area contributed by atoms with E-state index in [9.17, 15) is 29.1 Å². The Morgan fingerprint density at radius 1 is 1.11 bits per heavy atom. The monoisotopic (exact) mass is 541 g/mol. The van der Waals surface area contributed by atoms with Gasteiger partial charge < -0.3 is 14.6 Å². The number of carbonyl (C=O) groups is 5. The number of aromatic hydroxyl groups is 1. The van der Waals surface area contributed by atoms with Crippen molar-refractivity contribution in [3.8, 4) is 11.5 Å². The molecular formula is C25H20BrNO8. The number of imide groups is 3. The van der Waals surface area contributed by atoms with Crippen molar-refractivity contribution in [1.29, 1.82) is 0 Å². The van der Waals surface area contributed by atoms with Crippen molar-refractivity contribution in [3.05, 3.63) is 57.1 Å². The number of benzene rings is 1. The number of phenols is 1. The molecule has 180 valence electrons. The Hall–Kier alpha value is -3.53. The van der Waals surface area contributed by atoms with Crippen LogP contribution < -0.4 is 4.74 Å². The number of likely N-dealkylation sites (tertiary alicyclic amines) is 1. The molecule has 1 fully saturated rings. The number of ether oxygens (including phenoxy) is 2. The Kier molecular flexibility index (Phi) is 5.51. The van der Waals surface area contributed by atoms with E-state index in [1.165, 1.54) is 19.3 Å². The lowest BCUT2D eigenvalue weighted by Crippen LogP contribution is -2.40. The number of allylic oxidation sites excluding steroid dienone is 6. The quantitative estimate of drug-likeness (QED) is 0.344. The van der Waals surface area contributed by atoms with Crippen LogP contribution in [0.15, 0.2) is 51.6 Å². The molecule has 1 aromatic carbocycles. The van der Waals surface area contributed by atoms with Crippen LogP contribution in [0.4, 0.5) is 4.79 Å². The Balaban J connectivity index is 1.69. The predicted molar refractivity (Wildman–Crippen MR) is 123 cm³/mol. The summed E-state index contributed by atoms with van der Waals surface area (Å²) in [6.45, 7) is 0. The topological polar surface area (TPSA) is 127 Å². The number of Topliss-reactive ketones (excluding diaryl/α,β-unsaturated/α-hetero) is 1. The summed E-state index contributed by atoms with van der Waals surface area (Å²) in [5.41, 5.74) is 1.88. The molecule has 10 heteroatoms. The van der Waals surface area contributed by atoms with Crippen molar-refractivity contribution in [3.63, 3.8) is 0 Å². The Morgan fingerprint density at radius 2 is 1.86 bits per heavy atom. The summed E-state index contributed by atoms with van der Waals surface area (Å²) >= 11 is 3.17. The molecule has 4 atom stereocenters. The number of methoxy groups -OCH3 is 2. The number of halogens is 1. The van der Waals surface area contributed by atoms with Crippen LogP contribution in [0.3, 0.4) is 0 Å². The van der Waals surface area contributed by atoms with E-state index in [-0.39, 0.29) is 46.0 Å². The molecule has 0 saturated carbocycles. The van der Waals surface area contributed by atoms with Gasteiger partial charge in [-0.05, 0) is 52.4 Å². The van der Waals surface area contributed by atoms with Gasteiger partial charge >= 0.3 is 6.09 Å². The molecule has 9 nitrogen and oxygen atoms in total. The largest absolute Gasteiger partial charge is 0.504 e. The van der Waals surface area contributed by atoms with Gasteiger partial charge in [0.05, 0.1) is 30.5 Å². The first kappa shape index (κ1) is 23.2. The molecule has 3 aliphatic carbocycles. The second kappa shape index (κ2) is 8.30. The van der Waals surface area contributed by atoms with E-state index in [1.54, 1.807) is 12.1 Å². The Labute approximate surface area is 208 Å². The summed E-state index contributed by atoms with van der Waals surface area (Å²) in [6.07, 6.45) is 2.30. The third kappa shape index (κ3) is 3.30. The van der Waals surface area contributed by atoms with Gasteiger partial charge in [-0.1, -0.05) is 17.7 Å². The summed E-state index contributed by atoms with van der Waals surface area (Å²) in [5, 5.41) is 10.1. The summed E-state index contributed by atoms with van der Waals surface area (Å²) < 4.78 is 10.0. The highest BCUT2D eigenvalue weighted by Gasteiger charge is 2.58. The van der Waals surface area contributed by atoms with Crippen molar-refractivity contribution in [2.45, 2.75) is 18.8 Å². The molecule has 1 N–H and O–H groups in total. The lowest BCUT2D eigenvalue weighted by atomic mass is 9.59. The van der Waals surface area contributed by atoms with Crippen molar-refractivity contribution in [2.75, 3.05) is 14.2 Å². The number of fused-ring (bicyclic) bond motifs is 3. The Morgan fingerprint density at radius 3 is 2.54 bits per heavy atom. The number of carbonyl (C=O) groups excluding carboxylic acids is 5. The van der Waals surface area contributed by atoms with Crippen LogP contribution in [0.1, 0.15) is 24.3 Å². The van der Waals surface area contributed by atoms with E-state index in [0.717, 1.165) is 12.7 Å². The minimum atomic E-state index is -1.04. The van der Waals surface area contributed by atoms with Gasteiger partial charge in [0.15, 0.2) is 23.1 Å². The van der Waals surface area contributed by atoms with Crippen LogP contribution in [-0.4, -0.2) is 53.7 Å². The zero-order valence-electron chi connectivity index (χ0n) is 18.7. The molecule has 0 aromatic heterocycles. The van der Waals surface area contributed by atoms with Crippen LogP contribution >= 0.6 is 15.9 Å². The number of hydrogen-bond donors (Lipinski definition) is 1. The fourth-order valence-electron chi connectivity index (χ4n) is 5.73. The van der Waals surface area contributed by atoms with Gasteiger partial charge in [0, 0.05) is 23.1 Å². The highest BCUT2D eigenvalue weighted by molar-refractivity contribution is 9.12. The smallest absolute Gasteiger partial charge is 0.423 e. The first-order valence-corrected chi connectivity index (χ1v) is 11.7. The molecule has 0 bridgehead atoms. The average molecular weight is 542 g/mol. The van der Waals surface area contributed by atoms with Crippen molar-refractivity contribution < 1.29 is 38.6 Å². The molecule has 1 heterocycles. The molecule has 4 aliphatic rings. The number of rotatable bonds is 2. The fourth-order valence-corrected chi connectivity index (χ4v) is 6.18. The second-order valence-corrected chi connectivity index (χ2v) is 9.66. The lowest BCUT2D eigenvalue weighted by molar-refractivity contribution is -0.137. The van der Waals surface area contributed by atoms with Crippen molar-refractivity contribution in [2.24, 2.45) is 17.8 Å². The molecule has 35 heavy (non-hydrogen) atoms. The van der Waals surface area contributed by atoms with Gasteiger partial charge in [0.1, 0.15) is 0 Å². The van der Waals surface area contributed by atoms with E-state index >= 15 is 0 Å². The molecular weight excluding hydrogens is 522 g/mol. The minimum Gasteiger partial charge on any atom is -0.504 e. The number of nitrogens with zero attached hydrogens (tertiary/aromatic N) is 1. The van der Waals surface area contributed by atoms with E-state index in [2.05, 4.69) is 20.7 Å². The molecule has 0 unspecified atom stereocenters. The third-order valence-corrected chi connectivity index (χ3v) is 7.81. The van der Waals surface area contributed by atoms with E-state index in [1.807, 2.05) is 6.08 Å². The van der Waals surface area contributed by atoms with Crippen LogP contribution in [-0.2, 0) is 23.9 Å². The maximum absolute atomic E-state index is 13.3. The van der Waals surface area contributed by atoms with E-state index in [0.29, 0.717) is 16.0 Å². The van der Waals surface area contributed by atoms with E-state index in [4.69, 9.17) is 4.74 Å². The molecule has 1 aromatic rings. The van der Waals surface area contributed by atoms with Crippen LogP contribution in [0, 0.1) is 17.8 Å². The maximum atomic E-state index is 13.3. The summed E-state index contributed by atoms with van der Waals surface area (Å²) in [7, 11) is 2.49. The first-order valence-electron chi connectivity index (χ1n) is 10.9. The number of ketones is 2. The number of phenolic OH excluding ortho intramolecular Hbond substituents is 1. The van der Waals surface area contributed by atoms with Gasteiger partial charge in [0.25, 0.3) is 0 Å². The maximum Gasteiger partial charge on any atom is 0.423 e. The van der Waals surface area contributed by atoms with Crippen molar-refractivity contribution >= 4 is 45.4 Å². The van der Waals surface area contributed by atoms with Crippen LogP contribution in [0.5, 0.6) is 11.5 Å². The summed E-state index contributed by atoms with van der Waals surface area (Å²) in [4.78, 5) is 65.3. The fraction of sp³-hybridized carbons (Fsp3) is 0.320. The third-order valence-electron chi connectivity index (χ3n) is 7.23. The lowest BCUT2D eigenvalue weighted by Gasteiger charge is -2.42. The van der Waals surface area contributed by atoms with Crippen LogP contribution in [0.25, 0.3) is 0 Å². The first-order chi connectivity index (χ1) is 16.7. The minimum absolute atomic E-state index is 0.0790. The van der Waals surface area contributed by atoms with E-state index < -0.39 is 41.6 Å². The molecule has 3 amide bonds. The normalized spacial score (nSPS) is 27.7. The Bertz CT molecular complexity index is 1320. The molecule has 5 rings (SSSR count). The van der Waals surface area contributed by atoms with Gasteiger partial charge in [0.2, 0.25) is 11.8 Å². The zero-order valence-corrected chi connectivity index (χ0v) is 20.3. The highest BCUT2D eigenvalue weighted by atomic mass is 79.9. The summed E-state index contributed by atoms with van der Waals surface area (Å²) in [6, 6.07) is 4.66. The van der Waals surface area contributed by atoms with Crippen molar-refractivity contribution in [1.82, 2.24) is 4.90 Å². The zero-order chi connectivity index (χ0) is 25.2. The van der Waals surface area contributed by atoms with Gasteiger partial charge in [-0.15, -0.1) is 0 Å². The highest BCUT2D eigenvalue weighted by Crippen LogP contribution is 2.55. The van der Waals surface area contributed by atoms with Gasteiger partial charge in [-0.2, -0.15) is 4.90 Å². The van der Waals surface area contributed by atoms with Gasteiger partial charge in [-0.3, -0.25) is 19.2 Å². The SMILES string of the molecule is COC(=O)N1C(=O)[C@H]2[C@H](CC=C3[C@H](c4ccc(O)c(OC)c4)C4=C(C[C@H]32)C(=O)C(Br)=CC4=O)C1=O. The van der Waals surface area contributed by atoms with Crippen LogP contribution in [0.2, 0.25) is 0 Å². The molecule has 1 saturated heterocycles. The average Bonchev–Trinajstić information content (AvgIpc) is 3.11. The summed E-state index contributed by atoms with van der Waals surface area (Å²) in [5.74, 6) is -4.81.